The fourth-order valence-corrected chi connectivity index (χ4v) is 5.79. The zero-order valence-corrected chi connectivity index (χ0v) is 19.8. The maximum Gasteiger partial charge on any atom is 0.349 e. The van der Waals surface area contributed by atoms with Gasteiger partial charge in [0.2, 0.25) is 0 Å². The van der Waals surface area contributed by atoms with Crippen LogP contribution in [0.5, 0.6) is 5.75 Å². The summed E-state index contributed by atoms with van der Waals surface area (Å²) in [5, 5.41) is 24.9. The molecular formula is C28H21F2N5O2. The Labute approximate surface area is 210 Å². The molecule has 1 aromatic heterocycles. The van der Waals surface area contributed by atoms with E-state index in [0.29, 0.717) is 29.7 Å². The van der Waals surface area contributed by atoms with Gasteiger partial charge < -0.3 is 15.3 Å². The number of aryl methyl sites for hydroxylation is 1. The third-order valence-corrected chi connectivity index (χ3v) is 7.41. The second kappa shape index (κ2) is 8.29. The number of phenolic OH excluding ortho intramolecular Hbond substituents is 1. The van der Waals surface area contributed by atoms with Crippen molar-refractivity contribution >= 4 is 27.5 Å². The maximum atomic E-state index is 16.6. The number of aromatic nitrogens is 2. The van der Waals surface area contributed by atoms with Gasteiger partial charge in [-0.25, -0.2) is 13.6 Å². The minimum atomic E-state index is -0.852. The number of nitrogens with zero attached hydrogens (tertiary/aromatic N) is 4. The number of piperazine rings is 1. The highest BCUT2D eigenvalue weighted by atomic mass is 19.1. The van der Waals surface area contributed by atoms with Gasteiger partial charge in [0.15, 0.2) is 5.82 Å². The van der Waals surface area contributed by atoms with Crippen molar-refractivity contribution in [3.63, 3.8) is 0 Å². The summed E-state index contributed by atoms with van der Waals surface area (Å²) in [6.45, 7) is 1.22. The molecule has 0 saturated carbocycles. The van der Waals surface area contributed by atoms with Crippen molar-refractivity contribution in [3.8, 4) is 35.3 Å². The van der Waals surface area contributed by atoms with Crippen molar-refractivity contribution in [3.05, 3.63) is 63.6 Å². The number of phenols is 1. The smallest absolute Gasteiger partial charge is 0.349 e. The van der Waals surface area contributed by atoms with Crippen LogP contribution in [-0.4, -0.2) is 39.8 Å². The molecule has 2 bridgehead atoms. The zero-order chi connectivity index (χ0) is 26.0. The summed E-state index contributed by atoms with van der Waals surface area (Å²) in [4.78, 5) is 19.1. The van der Waals surface area contributed by atoms with E-state index in [9.17, 15) is 19.6 Å². The second-order valence-corrected chi connectivity index (χ2v) is 9.60. The van der Waals surface area contributed by atoms with Gasteiger partial charge in [0.05, 0.1) is 22.7 Å². The van der Waals surface area contributed by atoms with Crippen LogP contribution in [0, 0.1) is 35.3 Å². The summed E-state index contributed by atoms with van der Waals surface area (Å²) in [5.41, 5.74) is -0.959. The molecule has 0 radical (unpaired) electrons. The Hall–Kier alpha value is -4.47. The Balaban J connectivity index is 1.70. The third kappa shape index (κ3) is 3.43. The van der Waals surface area contributed by atoms with Gasteiger partial charge in [-0.3, -0.25) is 4.57 Å². The largest absolute Gasteiger partial charge is 0.508 e. The molecule has 3 heterocycles. The lowest BCUT2D eigenvalue weighted by Crippen LogP contribution is -2.51. The summed E-state index contributed by atoms with van der Waals surface area (Å²) in [7, 11) is 1.41. The van der Waals surface area contributed by atoms with E-state index in [1.165, 1.54) is 37.4 Å². The third-order valence-electron chi connectivity index (χ3n) is 7.41. The number of anilines is 1. The van der Waals surface area contributed by atoms with Crippen LogP contribution in [0.25, 0.3) is 32.8 Å². The molecule has 3 aromatic carbocycles. The number of fused-ring (bicyclic) bond motifs is 4. The van der Waals surface area contributed by atoms with Gasteiger partial charge in [-0.15, -0.1) is 6.42 Å². The first kappa shape index (κ1) is 23.0. The molecule has 2 aliphatic heterocycles. The minimum absolute atomic E-state index is 0.0370. The molecule has 7 nitrogen and oxygen atoms in total. The predicted octanol–water partition coefficient (Wildman–Crippen LogP) is 3.53. The monoisotopic (exact) mass is 497 g/mol. The molecule has 9 heteroatoms. The first-order chi connectivity index (χ1) is 17.8. The molecule has 2 fully saturated rings. The van der Waals surface area contributed by atoms with E-state index in [0.717, 1.165) is 17.4 Å². The normalized spacial score (nSPS) is 18.8. The number of halogens is 2. The maximum absolute atomic E-state index is 16.6. The molecule has 0 aliphatic carbocycles. The van der Waals surface area contributed by atoms with Gasteiger partial charge in [0, 0.05) is 48.6 Å². The first-order valence-corrected chi connectivity index (χ1v) is 11.9. The fourth-order valence-electron chi connectivity index (χ4n) is 5.79. The van der Waals surface area contributed by atoms with Gasteiger partial charge in [-0.2, -0.15) is 10.2 Å². The van der Waals surface area contributed by atoms with Crippen molar-refractivity contribution < 1.29 is 13.9 Å². The van der Waals surface area contributed by atoms with Gasteiger partial charge in [-0.05, 0) is 48.1 Å². The fraction of sp³-hybridized carbons (Fsp3) is 0.250. The summed E-state index contributed by atoms with van der Waals surface area (Å²) in [6, 6.07) is 9.28. The number of hydrogen-bond donors (Lipinski definition) is 2. The molecule has 37 heavy (non-hydrogen) atoms. The van der Waals surface area contributed by atoms with E-state index in [4.69, 9.17) is 6.42 Å². The molecule has 2 unspecified atom stereocenters. The Morgan fingerprint density at radius 3 is 2.59 bits per heavy atom. The van der Waals surface area contributed by atoms with Crippen molar-refractivity contribution in [1.82, 2.24) is 14.9 Å². The van der Waals surface area contributed by atoms with E-state index in [1.807, 2.05) is 11.0 Å². The zero-order valence-electron chi connectivity index (χ0n) is 19.8. The summed E-state index contributed by atoms with van der Waals surface area (Å²) in [6.07, 6.45) is 7.61. The van der Waals surface area contributed by atoms with Crippen LogP contribution in [0.15, 0.2) is 35.1 Å². The van der Waals surface area contributed by atoms with Crippen molar-refractivity contribution in [2.24, 2.45) is 7.05 Å². The lowest BCUT2D eigenvalue weighted by Gasteiger charge is -2.34. The number of benzene rings is 3. The minimum Gasteiger partial charge on any atom is -0.508 e. The van der Waals surface area contributed by atoms with Crippen molar-refractivity contribution in [2.75, 3.05) is 18.0 Å². The van der Waals surface area contributed by atoms with E-state index in [-0.39, 0.29) is 51.0 Å². The molecule has 0 spiro atoms. The predicted molar refractivity (Wildman–Crippen MR) is 136 cm³/mol. The molecule has 0 amide bonds. The molecule has 6 rings (SSSR count). The average Bonchev–Trinajstić information content (AvgIpc) is 3.22. The van der Waals surface area contributed by atoms with Gasteiger partial charge in [0.25, 0.3) is 0 Å². The summed E-state index contributed by atoms with van der Waals surface area (Å²) >= 11 is 0. The van der Waals surface area contributed by atoms with Crippen LogP contribution in [0.3, 0.4) is 0 Å². The van der Waals surface area contributed by atoms with E-state index >= 15 is 4.39 Å². The van der Waals surface area contributed by atoms with Crippen molar-refractivity contribution in [1.29, 1.82) is 5.26 Å². The quantitative estimate of drug-likeness (QED) is 0.412. The Kier molecular flexibility index (Phi) is 5.15. The topological polar surface area (TPSA) is 94.2 Å². The van der Waals surface area contributed by atoms with Gasteiger partial charge in [-0.1, -0.05) is 12.0 Å². The molecule has 2 atom stereocenters. The van der Waals surface area contributed by atoms with Crippen LogP contribution >= 0.6 is 0 Å². The number of terminal acetylenes is 1. The average molecular weight is 498 g/mol. The van der Waals surface area contributed by atoms with Crippen LogP contribution < -0.4 is 15.9 Å². The highest BCUT2D eigenvalue weighted by molar-refractivity contribution is 6.05. The highest BCUT2D eigenvalue weighted by Crippen LogP contribution is 2.41. The highest BCUT2D eigenvalue weighted by Gasteiger charge is 2.34. The van der Waals surface area contributed by atoms with Gasteiger partial charge >= 0.3 is 5.69 Å². The van der Waals surface area contributed by atoms with Crippen LogP contribution in [0.4, 0.5) is 14.6 Å². The number of nitriles is 1. The van der Waals surface area contributed by atoms with Gasteiger partial charge in [0.1, 0.15) is 17.4 Å². The van der Waals surface area contributed by atoms with Crippen molar-refractivity contribution in [2.45, 2.75) is 24.9 Å². The number of hydrogen-bond acceptors (Lipinski definition) is 6. The molecule has 2 aliphatic rings. The van der Waals surface area contributed by atoms with E-state index in [2.05, 4.69) is 16.2 Å². The molecule has 184 valence electrons. The Morgan fingerprint density at radius 2 is 1.92 bits per heavy atom. The molecule has 2 N–H and O–H groups in total. The first-order valence-electron chi connectivity index (χ1n) is 11.9. The standard InChI is InChI=1S/C28H21F2N5O2/c1-3-19-22(29)7-4-14-8-18(36)10-20(23(14)19)24-15(11-31)9-21-26(25(24)30)34(2)28(37)33-27(21)35-12-16-5-6-17(13-35)32-16/h1,4,7-10,16-17,32,36H,5-6,12-13H2,2H3. The Bertz CT molecular complexity index is 1770. The van der Waals surface area contributed by atoms with E-state index in [1.54, 1.807) is 0 Å². The number of rotatable bonds is 2. The summed E-state index contributed by atoms with van der Waals surface area (Å²) < 4.78 is 32.3. The number of aromatic hydroxyl groups is 1. The van der Waals surface area contributed by atoms with Crippen LogP contribution in [-0.2, 0) is 7.05 Å². The summed E-state index contributed by atoms with van der Waals surface area (Å²) in [5.74, 6) is 0.891. The molecule has 2 saturated heterocycles. The SMILES string of the molecule is C#Cc1c(F)ccc2cc(O)cc(-c3c(C#N)cc4c(N5CC6CCC(C5)N6)nc(=O)n(C)c4c3F)c12. The lowest BCUT2D eigenvalue weighted by molar-refractivity contribution is 0.463. The lowest BCUT2D eigenvalue weighted by atomic mass is 9.90. The molecular weight excluding hydrogens is 476 g/mol. The molecule has 4 aromatic rings. The van der Waals surface area contributed by atoms with Crippen LogP contribution in [0.2, 0.25) is 0 Å². The van der Waals surface area contributed by atoms with Crippen LogP contribution in [0.1, 0.15) is 24.0 Å². The van der Waals surface area contributed by atoms with E-state index < -0.39 is 17.3 Å². The Morgan fingerprint density at radius 1 is 1.19 bits per heavy atom. The number of nitrogens with one attached hydrogen (secondary N) is 1. The second-order valence-electron chi connectivity index (χ2n) is 9.60.